The van der Waals surface area contributed by atoms with Crippen LogP contribution in [0.1, 0.15) is 59.3 Å². The smallest absolute Gasteiger partial charge is 0.00649 e. The Morgan fingerprint density at radius 1 is 1.29 bits per heavy atom. The van der Waals surface area contributed by atoms with E-state index < -0.39 is 0 Å². The molecule has 17 heavy (non-hydrogen) atoms. The second-order valence-corrected chi connectivity index (χ2v) is 5.57. The number of likely N-dealkylation sites (tertiary alicyclic amines) is 1. The fourth-order valence-corrected chi connectivity index (χ4v) is 2.81. The van der Waals surface area contributed by atoms with Gasteiger partial charge in [0.1, 0.15) is 0 Å². The first-order chi connectivity index (χ1) is 8.30. The maximum Gasteiger partial charge on any atom is 0.00649 e. The molecule has 0 radical (unpaired) electrons. The molecule has 0 aromatic carbocycles. The van der Waals surface area contributed by atoms with E-state index in [1.807, 2.05) is 0 Å². The molecule has 1 saturated heterocycles. The molecule has 2 unspecified atom stereocenters. The van der Waals surface area contributed by atoms with E-state index >= 15 is 0 Å². The van der Waals surface area contributed by atoms with Gasteiger partial charge in [0, 0.05) is 12.6 Å². The molecule has 0 spiro atoms. The number of hydrogen-bond acceptors (Lipinski definition) is 2. The van der Waals surface area contributed by atoms with E-state index in [-0.39, 0.29) is 0 Å². The molecule has 1 aliphatic rings. The van der Waals surface area contributed by atoms with Gasteiger partial charge in [-0.15, -0.1) is 0 Å². The van der Waals surface area contributed by atoms with Crippen molar-refractivity contribution in [3.8, 4) is 0 Å². The van der Waals surface area contributed by atoms with Crippen molar-refractivity contribution in [3.63, 3.8) is 0 Å². The Morgan fingerprint density at radius 3 is 2.71 bits per heavy atom. The van der Waals surface area contributed by atoms with Crippen LogP contribution >= 0.6 is 0 Å². The van der Waals surface area contributed by atoms with Crippen LogP contribution in [-0.2, 0) is 0 Å². The van der Waals surface area contributed by atoms with Crippen molar-refractivity contribution < 1.29 is 0 Å². The van der Waals surface area contributed by atoms with Crippen LogP contribution in [0.2, 0.25) is 0 Å². The quantitative estimate of drug-likeness (QED) is 0.665. The van der Waals surface area contributed by atoms with Crippen molar-refractivity contribution >= 4 is 0 Å². The molecule has 1 aliphatic heterocycles. The van der Waals surface area contributed by atoms with Crippen molar-refractivity contribution in [2.24, 2.45) is 5.92 Å². The van der Waals surface area contributed by atoms with Crippen LogP contribution in [0.3, 0.4) is 0 Å². The van der Waals surface area contributed by atoms with Gasteiger partial charge in [0.25, 0.3) is 0 Å². The van der Waals surface area contributed by atoms with Gasteiger partial charge in [-0.1, -0.05) is 27.2 Å². The first kappa shape index (κ1) is 15.0. The maximum atomic E-state index is 3.65. The maximum absolute atomic E-state index is 3.65. The highest BCUT2D eigenvalue weighted by Crippen LogP contribution is 2.19. The van der Waals surface area contributed by atoms with E-state index in [1.165, 1.54) is 64.7 Å². The Balaban J connectivity index is 2.06. The minimum absolute atomic E-state index is 0.750. The second-order valence-electron chi connectivity index (χ2n) is 5.57. The van der Waals surface area contributed by atoms with Crippen LogP contribution in [0.4, 0.5) is 0 Å². The molecule has 1 rings (SSSR count). The van der Waals surface area contributed by atoms with E-state index in [2.05, 4.69) is 31.0 Å². The van der Waals surface area contributed by atoms with Gasteiger partial charge in [0.15, 0.2) is 0 Å². The highest BCUT2D eigenvalue weighted by atomic mass is 15.1. The average molecular weight is 240 g/mol. The lowest BCUT2D eigenvalue weighted by Gasteiger charge is -2.19. The number of hydrogen-bond donors (Lipinski definition) is 1. The normalized spacial score (nSPS) is 23.1. The molecule has 2 atom stereocenters. The molecule has 2 nitrogen and oxygen atoms in total. The summed E-state index contributed by atoms with van der Waals surface area (Å²) in [5, 5.41) is 3.65. The summed E-state index contributed by atoms with van der Waals surface area (Å²) >= 11 is 0. The molecular weight excluding hydrogens is 208 g/mol. The molecule has 1 fully saturated rings. The van der Waals surface area contributed by atoms with Crippen molar-refractivity contribution in [1.29, 1.82) is 0 Å². The zero-order valence-electron chi connectivity index (χ0n) is 12.2. The Hall–Kier alpha value is -0.0800. The Bertz CT molecular complexity index is 180. The molecule has 102 valence electrons. The summed E-state index contributed by atoms with van der Waals surface area (Å²) in [7, 11) is 0. The van der Waals surface area contributed by atoms with Gasteiger partial charge >= 0.3 is 0 Å². The average Bonchev–Trinajstić information content (AvgIpc) is 2.81. The Labute approximate surface area is 108 Å². The van der Waals surface area contributed by atoms with Crippen molar-refractivity contribution in [2.45, 2.75) is 65.3 Å². The fraction of sp³-hybridized carbons (Fsp3) is 1.00. The highest BCUT2D eigenvalue weighted by molar-refractivity contribution is 4.75. The third-order valence-corrected chi connectivity index (χ3v) is 4.15. The monoisotopic (exact) mass is 240 g/mol. The molecule has 0 bridgehead atoms. The standard InChI is InChI=1S/C15H32N2/c1-4-10-16-15(6-3)8-7-11-17-12-9-14(5-2)13-17/h14-16H,4-13H2,1-3H3. The van der Waals surface area contributed by atoms with Gasteiger partial charge in [-0.2, -0.15) is 0 Å². The van der Waals surface area contributed by atoms with Crippen molar-refractivity contribution in [2.75, 3.05) is 26.2 Å². The summed E-state index contributed by atoms with van der Waals surface area (Å²) in [4.78, 5) is 2.67. The van der Waals surface area contributed by atoms with E-state index in [9.17, 15) is 0 Å². The molecule has 0 aromatic heterocycles. The third kappa shape index (κ3) is 5.87. The van der Waals surface area contributed by atoms with E-state index in [0.29, 0.717) is 0 Å². The van der Waals surface area contributed by atoms with Crippen molar-refractivity contribution in [1.82, 2.24) is 10.2 Å². The summed E-state index contributed by atoms with van der Waals surface area (Å²) < 4.78 is 0. The van der Waals surface area contributed by atoms with Gasteiger partial charge in [-0.05, 0) is 57.7 Å². The van der Waals surface area contributed by atoms with E-state index in [0.717, 1.165) is 12.0 Å². The number of rotatable bonds is 9. The van der Waals surface area contributed by atoms with Crippen molar-refractivity contribution in [3.05, 3.63) is 0 Å². The Kier molecular flexibility index (Phi) is 7.87. The SMILES string of the molecule is CCCNC(CC)CCCN1CCC(CC)C1. The van der Waals surface area contributed by atoms with Crippen LogP contribution in [0.25, 0.3) is 0 Å². The zero-order valence-corrected chi connectivity index (χ0v) is 12.2. The van der Waals surface area contributed by atoms with Crippen LogP contribution < -0.4 is 5.32 Å². The van der Waals surface area contributed by atoms with Gasteiger partial charge < -0.3 is 10.2 Å². The largest absolute Gasteiger partial charge is 0.314 e. The predicted octanol–water partition coefficient (Wildman–Crippen LogP) is 3.28. The fourth-order valence-electron chi connectivity index (χ4n) is 2.81. The van der Waals surface area contributed by atoms with Gasteiger partial charge in [-0.3, -0.25) is 0 Å². The second kappa shape index (κ2) is 8.93. The molecule has 1 heterocycles. The number of nitrogens with one attached hydrogen (secondary N) is 1. The van der Waals surface area contributed by atoms with Crippen LogP contribution in [0.15, 0.2) is 0 Å². The lowest BCUT2D eigenvalue weighted by atomic mass is 10.1. The Morgan fingerprint density at radius 2 is 2.12 bits per heavy atom. The summed E-state index contributed by atoms with van der Waals surface area (Å²) in [5.41, 5.74) is 0. The van der Waals surface area contributed by atoms with Gasteiger partial charge in [-0.25, -0.2) is 0 Å². The van der Waals surface area contributed by atoms with Crippen LogP contribution in [-0.4, -0.2) is 37.1 Å². The van der Waals surface area contributed by atoms with Crippen LogP contribution in [0.5, 0.6) is 0 Å². The molecule has 0 amide bonds. The number of nitrogens with zero attached hydrogens (tertiary/aromatic N) is 1. The lowest BCUT2D eigenvalue weighted by Crippen LogP contribution is -2.30. The summed E-state index contributed by atoms with van der Waals surface area (Å²) in [6.07, 6.45) is 8.04. The lowest BCUT2D eigenvalue weighted by molar-refractivity contribution is 0.304. The van der Waals surface area contributed by atoms with Gasteiger partial charge in [0.2, 0.25) is 0 Å². The van der Waals surface area contributed by atoms with E-state index in [1.54, 1.807) is 0 Å². The summed E-state index contributed by atoms with van der Waals surface area (Å²) in [6.45, 7) is 12.1. The topological polar surface area (TPSA) is 15.3 Å². The summed E-state index contributed by atoms with van der Waals surface area (Å²) in [6, 6.07) is 0.750. The molecule has 0 aliphatic carbocycles. The van der Waals surface area contributed by atoms with Crippen LogP contribution in [0, 0.1) is 5.92 Å². The minimum Gasteiger partial charge on any atom is -0.314 e. The molecular formula is C15H32N2. The first-order valence-corrected chi connectivity index (χ1v) is 7.75. The first-order valence-electron chi connectivity index (χ1n) is 7.75. The zero-order chi connectivity index (χ0) is 12.5. The van der Waals surface area contributed by atoms with Gasteiger partial charge in [0.05, 0.1) is 0 Å². The molecule has 2 heteroatoms. The minimum atomic E-state index is 0.750. The molecule has 1 N–H and O–H groups in total. The third-order valence-electron chi connectivity index (χ3n) is 4.15. The van der Waals surface area contributed by atoms with E-state index in [4.69, 9.17) is 0 Å². The highest BCUT2D eigenvalue weighted by Gasteiger charge is 2.20. The summed E-state index contributed by atoms with van der Waals surface area (Å²) in [5.74, 6) is 0.982. The predicted molar refractivity (Wildman–Crippen MR) is 76.4 cm³/mol. The molecule has 0 aromatic rings. The molecule has 0 saturated carbocycles.